The topological polar surface area (TPSA) is 67.9 Å². The van der Waals surface area contributed by atoms with Gasteiger partial charge in [0.25, 0.3) is 0 Å². The Morgan fingerprint density at radius 2 is 2.21 bits per heavy atom. The number of rotatable bonds is 2. The summed E-state index contributed by atoms with van der Waals surface area (Å²) in [4.78, 5) is 24.7. The van der Waals surface area contributed by atoms with Crippen molar-refractivity contribution in [2.75, 3.05) is 25.1 Å². The highest BCUT2D eigenvalue weighted by molar-refractivity contribution is 5.95. The summed E-state index contributed by atoms with van der Waals surface area (Å²) in [5.74, 6) is 0.178. The number of fused-ring (bicyclic) bond motifs is 1. The molecule has 0 radical (unpaired) electrons. The van der Waals surface area contributed by atoms with Gasteiger partial charge in [-0.2, -0.15) is 0 Å². The molecule has 6 heteroatoms. The molecule has 1 aliphatic heterocycles. The number of anilines is 1. The summed E-state index contributed by atoms with van der Waals surface area (Å²) in [6.07, 6.45) is -0.0984. The van der Waals surface area contributed by atoms with Crippen LogP contribution in [0.1, 0.15) is 6.92 Å². The predicted octanol–water partition coefficient (Wildman–Crippen LogP) is 1.16. The van der Waals surface area contributed by atoms with Crippen molar-refractivity contribution < 1.29 is 19.1 Å². The molecule has 0 unspecified atom stereocenters. The van der Waals surface area contributed by atoms with Crippen LogP contribution in [0.15, 0.2) is 24.3 Å². The van der Waals surface area contributed by atoms with Crippen molar-refractivity contribution in [2.24, 2.45) is 0 Å². The van der Waals surface area contributed by atoms with Gasteiger partial charge in [-0.05, 0) is 19.1 Å². The van der Waals surface area contributed by atoms with Gasteiger partial charge < -0.3 is 14.8 Å². The Morgan fingerprint density at radius 3 is 2.95 bits per heavy atom. The third kappa shape index (κ3) is 2.96. The number of carbonyl (C=O) groups excluding carboxylic acids is 2. The second-order valence-corrected chi connectivity index (χ2v) is 4.24. The lowest BCUT2D eigenvalue weighted by Crippen LogP contribution is -2.48. The van der Waals surface area contributed by atoms with Crippen LogP contribution in [0, 0.1) is 0 Å². The van der Waals surface area contributed by atoms with Crippen molar-refractivity contribution in [1.82, 2.24) is 5.32 Å². The molecule has 1 N–H and O–H groups in total. The minimum Gasteiger partial charge on any atom is -0.487 e. The number of urea groups is 1. The molecule has 0 saturated carbocycles. The molecule has 0 aromatic heterocycles. The van der Waals surface area contributed by atoms with Crippen LogP contribution in [0.5, 0.6) is 5.75 Å². The van der Waals surface area contributed by atoms with Gasteiger partial charge in [0.1, 0.15) is 18.4 Å². The van der Waals surface area contributed by atoms with Crippen molar-refractivity contribution in [3.05, 3.63) is 24.3 Å². The molecule has 0 aliphatic carbocycles. The molecule has 1 atom stereocenters. The number of nitrogens with one attached hydrogen (secondary N) is 1. The van der Waals surface area contributed by atoms with Crippen molar-refractivity contribution in [2.45, 2.75) is 13.0 Å². The molecular formula is C13H16N2O4. The normalized spacial score (nSPS) is 17.2. The third-order valence-corrected chi connectivity index (χ3v) is 2.78. The molecule has 6 nitrogen and oxygen atoms in total. The number of methoxy groups -OCH3 is 1. The average Bonchev–Trinajstić information content (AvgIpc) is 2.43. The van der Waals surface area contributed by atoms with E-state index in [0.717, 1.165) is 0 Å². The molecule has 1 aromatic carbocycles. The number of benzene rings is 1. The van der Waals surface area contributed by atoms with Gasteiger partial charge in [-0.25, -0.2) is 4.79 Å². The third-order valence-electron chi connectivity index (χ3n) is 2.78. The number of esters is 1. The Kier molecular flexibility index (Phi) is 3.89. The highest BCUT2D eigenvalue weighted by Crippen LogP contribution is 2.32. The molecule has 2 amide bonds. The van der Waals surface area contributed by atoms with E-state index >= 15 is 0 Å². The van der Waals surface area contributed by atoms with Gasteiger partial charge >= 0.3 is 12.0 Å². The summed E-state index contributed by atoms with van der Waals surface area (Å²) in [5, 5.41) is 2.52. The van der Waals surface area contributed by atoms with E-state index in [1.165, 1.54) is 7.11 Å². The first-order valence-corrected chi connectivity index (χ1v) is 5.99. The first-order valence-electron chi connectivity index (χ1n) is 5.99. The lowest BCUT2D eigenvalue weighted by atomic mass is 10.2. The van der Waals surface area contributed by atoms with Crippen molar-refractivity contribution >= 4 is 17.7 Å². The van der Waals surface area contributed by atoms with E-state index < -0.39 is 5.97 Å². The van der Waals surface area contributed by atoms with Crippen LogP contribution in [0.4, 0.5) is 10.5 Å². The van der Waals surface area contributed by atoms with E-state index in [1.54, 1.807) is 11.0 Å². The van der Waals surface area contributed by atoms with Crippen molar-refractivity contribution in [1.29, 1.82) is 0 Å². The van der Waals surface area contributed by atoms with Crippen LogP contribution in [0.3, 0.4) is 0 Å². The minimum atomic E-state index is -0.483. The highest BCUT2D eigenvalue weighted by atomic mass is 16.5. The van der Waals surface area contributed by atoms with E-state index in [0.29, 0.717) is 18.0 Å². The Hall–Kier alpha value is -2.24. The molecule has 0 saturated heterocycles. The molecule has 2 rings (SSSR count). The fraction of sp³-hybridized carbons (Fsp3) is 0.385. The second-order valence-electron chi connectivity index (χ2n) is 4.24. The monoisotopic (exact) mass is 264 g/mol. The Labute approximate surface area is 111 Å². The zero-order valence-electron chi connectivity index (χ0n) is 10.9. The standard InChI is InChI=1S/C13H16N2O4/c1-9-8-15(13(17)14-7-12(16)18-2)10-5-3-4-6-11(10)19-9/h3-6,9H,7-8H2,1-2H3,(H,14,17)/t9-/m0/s1. The fourth-order valence-electron chi connectivity index (χ4n) is 1.90. The molecular weight excluding hydrogens is 248 g/mol. The Bertz CT molecular complexity index is 489. The largest absolute Gasteiger partial charge is 0.487 e. The molecule has 102 valence electrons. The predicted molar refractivity (Wildman–Crippen MR) is 69.3 cm³/mol. The van der Waals surface area contributed by atoms with Gasteiger partial charge in [-0.1, -0.05) is 12.1 Å². The van der Waals surface area contributed by atoms with Crippen LogP contribution in [-0.4, -0.2) is 38.3 Å². The maximum atomic E-state index is 12.1. The number of carbonyl (C=O) groups is 2. The number of ether oxygens (including phenoxy) is 2. The zero-order valence-corrected chi connectivity index (χ0v) is 10.9. The average molecular weight is 264 g/mol. The highest BCUT2D eigenvalue weighted by Gasteiger charge is 2.27. The smallest absolute Gasteiger partial charge is 0.325 e. The van der Waals surface area contributed by atoms with Crippen molar-refractivity contribution in [3.63, 3.8) is 0 Å². The first-order chi connectivity index (χ1) is 9.11. The van der Waals surface area contributed by atoms with Gasteiger partial charge in [-0.3, -0.25) is 9.69 Å². The minimum absolute atomic E-state index is 0.0984. The molecule has 1 aliphatic rings. The molecule has 19 heavy (non-hydrogen) atoms. The van der Waals surface area contributed by atoms with Crippen LogP contribution >= 0.6 is 0 Å². The number of amides is 2. The van der Waals surface area contributed by atoms with Crippen LogP contribution < -0.4 is 15.0 Å². The van der Waals surface area contributed by atoms with Crippen molar-refractivity contribution in [3.8, 4) is 5.75 Å². The van der Waals surface area contributed by atoms with E-state index in [4.69, 9.17) is 4.74 Å². The summed E-state index contributed by atoms with van der Waals surface area (Å²) in [5.41, 5.74) is 0.697. The van der Waals surface area contributed by atoms with Gasteiger partial charge in [-0.15, -0.1) is 0 Å². The van der Waals surface area contributed by atoms with E-state index in [1.807, 2.05) is 25.1 Å². The lowest BCUT2D eigenvalue weighted by Gasteiger charge is -2.33. The van der Waals surface area contributed by atoms with E-state index in [9.17, 15) is 9.59 Å². The van der Waals surface area contributed by atoms with E-state index in [2.05, 4.69) is 10.1 Å². The van der Waals surface area contributed by atoms with E-state index in [-0.39, 0.29) is 18.7 Å². The maximum absolute atomic E-state index is 12.1. The Morgan fingerprint density at radius 1 is 1.47 bits per heavy atom. The zero-order chi connectivity index (χ0) is 13.8. The van der Waals surface area contributed by atoms with Crippen LogP contribution in [0.25, 0.3) is 0 Å². The summed E-state index contributed by atoms with van der Waals surface area (Å²) in [6.45, 7) is 2.17. The first kappa shape index (κ1) is 13.2. The molecule has 1 aromatic rings. The summed E-state index contributed by atoms with van der Waals surface area (Å²) < 4.78 is 10.1. The van der Waals surface area contributed by atoms with Gasteiger partial charge in [0.15, 0.2) is 0 Å². The number of nitrogens with zero attached hydrogens (tertiary/aromatic N) is 1. The SMILES string of the molecule is COC(=O)CNC(=O)N1C[C@H](C)Oc2ccccc21. The lowest BCUT2D eigenvalue weighted by molar-refractivity contribution is -0.139. The van der Waals surface area contributed by atoms with Gasteiger partial charge in [0, 0.05) is 0 Å². The van der Waals surface area contributed by atoms with Gasteiger partial charge in [0.05, 0.1) is 19.3 Å². The number of hydrogen-bond acceptors (Lipinski definition) is 4. The number of para-hydroxylation sites is 2. The summed E-state index contributed by atoms with van der Waals surface area (Å²) in [6, 6.07) is 6.96. The second kappa shape index (κ2) is 5.60. The molecule has 0 bridgehead atoms. The molecule has 1 heterocycles. The van der Waals surface area contributed by atoms with Crippen LogP contribution in [0.2, 0.25) is 0 Å². The van der Waals surface area contributed by atoms with Crippen LogP contribution in [-0.2, 0) is 9.53 Å². The molecule has 0 fully saturated rings. The summed E-state index contributed by atoms with van der Waals surface area (Å²) >= 11 is 0. The quantitative estimate of drug-likeness (QED) is 0.814. The fourth-order valence-corrected chi connectivity index (χ4v) is 1.90. The number of hydrogen-bond donors (Lipinski definition) is 1. The molecule has 0 spiro atoms. The van der Waals surface area contributed by atoms with Gasteiger partial charge in [0.2, 0.25) is 0 Å². The maximum Gasteiger partial charge on any atom is 0.325 e. The Balaban J connectivity index is 2.11. The summed E-state index contributed by atoms with van der Waals surface area (Å²) in [7, 11) is 1.28.